The lowest BCUT2D eigenvalue weighted by molar-refractivity contribution is 0.600. The van der Waals surface area contributed by atoms with Crippen molar-refractivity contribution in [2.24, 2.45) is 0 Å². The van der Waals surface area contributed by atoms with E-state index in [-0.39, 0.29) is 15.6 Å². The van der Waals surface area contributed by atoms with Crippen molar-refractivity contribution < 1.29 is 12.8 Å². The van der Waals surface area contributed by atoms with Crippen molar-refractivity contribution in [1.82, 2.24) is 0 Å². The lowest BCUT2D eigenvalue weighted by Crippen LogP contribution is -2.14. The molecule has 0 aliphatic rings. The highest BCUT2D eigenvalue weighted by Gasteiger charge is 2.20. The van der Waals surface area contributed by atoms with Crippen LogP contribution in [0.25, 0.3) is 0 Å². The maximum absolute atomic E-state index is 13.3. The predicted octanol–water partition coefficient (Wildman–Crippen LogP) is 3.48. The molecule has 0 saturated heterocycles. The predicted molar refractivity (Wildman–Crippen MR) is 82.5 cm³/mol. The quantitative estimate of drug-likeness (QED) is 0.847. The van der Waals surface area contributed by atoms with E-state index >= 15 is 0 Å². The fraction of sp³-hybridized carbons (Fsp3) is 0.143. The maximum atomic E-state index is 13.3. The first kappa shape index (κ1) is 15.6. The van der Waals surface area contributed by atoms with Crippen LogP contribution in [0.4, 0.5) is 15.8 Å². The minimum absolute atomic E-state index is 0.224. The first-order valence-electron chi connectivity index (χ1n) is 6.04. The minimum atomic E-state index is -3.95. The summed E-state index contributed by atoms with van der Waals surface area (Å²) in [5.74, 6) is -0.759. The van der Waals surface area contributed by atoms with Crippen molar-refractivity contribution in [3.63, 3.8) is 0 Å². The molecule has 4 nitrogen and oxygen atoms in total. The molecule has 0 spiro atoms. The van der Waals surface area contributed by atoms with Gasteiger partial charge in [0.15, 0.2) is 0 Å². The molecule has 3 N–H and O–H groups in total. The van der Waals surface area contributed by atoms with Gasteiger partial charge in [0.1, 0.15) is 10.7 Å². The van der Waals surface area contributed by atoms with Gasteiger partial charge in [-0.2, -0.15) is 0 Å². The van der Waals surface area contributed by atoms with Gasteiger partial charge >= 0.3 is 0 Å². The molecule has 112 valence electrons. The molecule has 21 heavy (non-hydrogen) atoms. The van der Waals surface area contributed by atoms with Gasteiger partial charge in [-0.05, 0) is 49.2 Å². The molecule has 0 unspecified atom stereocenters. The van der Waals surface area contributed by atoms with Crippen molar-refractivity contribution in [3.8, 4) is 0 Å². The average molecular weight is 329 g/mol. The summed E-state index contributed by atoms with van der Waals surface area (Å²) in [6, 6.07) is 7.17. The third kappa shape index (κ3) is 3.46. The van der Waals surface area contributed by atoms with Crippen LogP contribution in [0, 0.1) is 19.7 Å². The lowest BCUT2D eigenvalue weighted by Gasteiger charge is -2.12. The van der Waals surface area contributed by atoms with Crippen molar-refractivity contribution in [2.45, 2.75) is 18.7 Å². The molecule has 0 aliphatic carbocycles. The van der Waals surface area contributed by atoms with E-state index in [1.165, 1.54) is 0 Å². The Balaban J connectivity index is 2.45. The van der Waals surface area contributed by atoms with Crippen molar-refractivity contribution >= 4 is 33.0 Å². The van der Waals surface area contributed by atoms with Crippen LogP contribution in [0.3, 0.4) is 0 Å². The molecule has 0 fully saturated rings. The van der Waals surface area contributed by atoms with E-state index in [2.05, 4.69) is 4.72 Å². The Kier molecular flexibility index (Phi) is 4.11. The van der Waals surface area contributed by atoms with E-state index in [9.17, 15) is 12.8 Å². The zero-order valence-electron chi connectivity index (χ0n) is 11.4. The van der Waals surface area contributed by atoms with Crippen molar-refractivity contribution in [1.29, 1.82) is 0 Å². The van der Waals surface area contributed by atoms with Gasteiger partial charge in [-0.15, -0.1) is 0 Å². The van der Waals surface area contributed by atoms with Crippen LogP contribution in [0.15, 0.2) is 35.2 Å². The number of halogens is 2. The molecule has 0 saturated carbocycles. The fourth-order valence-electron chi connectivity index (χ4n) is 1.99. The number of hydrogen-bond acceptors (Lipinski definition) is 3. The summed E-state index contributed by atoms with van der Waals surface area (Å²) < 4.78 is 40.3. The fourth-order valence-corrected chi connectivity index (χ4v) is 3.59. The number of nitrogens with two attached hydrogens (primary N) is 1. The van der Waals surface area contributed by atoms with Gasteiger partial charge in [-0.25, -0.2) is 12.8 Å². The topological polar surface area (TPSA) is 72.2 Å². The molecule has 2 rings (SSSR count). The number of hydrogen-bond donors (Lipinski definition) is 2. The highest BCUT2D eigenvalue weighted by atomic mass is 35.5. The van der Waals surface area contributed by atoms with E-state index < -0.39 is 15.8 Å². The summed E-state index contributed by atoms with van der Waals surface area (Å²) in [6.45, 7) is 3.71. The van der Waals surface area contributed by atoms with E-state index in [1.54, 1.807) is 12.1 Å². The number of nitrogens with one attached hydrogen (secondary N) is 1. The molecule has 0 radical (unpaired) electrons. The number of benzene rings is 2. The SMILES string of the molecule is Cc1cc(C)cc(NS(=O)(=O)c2cc(N)c(F)cc2Cl)c1. The van der Waals surface area contributed by atoms with Gasteiger partial charge in [-0.3, -0.25) is 4.72 Å². The van der Waals surface area contributed by atoms with E-state index in [4.69, 9.17) is 17.3 Å². The second-order valence-electron chi connectivity index (χ2n) is 4.79. The molecule has 0 heterocycles. The molecule has 0 aromatic heterocycles. The Bertz CT molecular complexity index is 787. The van der Waals surface area contributed by atoms with Gasteiger partial charge < -0.3 is 5.73 Å². The standard InChI is InChI=1S/C14H14ClFN2O2S/c1-8-3-9(2)5-10(4-8)18-21(19,20)14-7-13(17)12(16)6-11(14)15/h3-7,18H,17H2,1-2H3. The molecule has 2 aromatic rings. The summed E-state index contributed by atoms with van der Waals surface area (Å²) in [5.41, 5.74) is 7.36. The smallest absolute Gasteiger partial charge is 0.263 e. The molecule has 0 aliphatic heterocycles. The van der Waals surface area contributed by atoms with Crippen LogP contribution in [0.1, 0.15) is 11.1 Å². The molecule has 2 aromatic carbocycles. The monoisotopic (exact) mass is 328 g/mol. The zero-order chi connectivity index (χ0) is 15.8. The second-order valence-corrected chi connectivity index (χ2v) is 6.84. The second kappa shape index (κ2) is 5.54. The Morgan fingerprint density at radius 2 is 1.67 bits per heavy atom. The van der Waals surface area contributed by atoms with Gasteiger partial charge in [0.05, 0.1) is 10.7 Å². The van der Waals surface area contributed by atoms with Gasteiger partial charge in [0, 0.05) is 5.69 Å². The zero-order valence-corrected chi connectivity index (χ0v) is 13.0. The molecule has 0 bridgehead atoms. The molecule has 7 heteroatoms. The lowest BCUT2D eigenvalue weighted by atomic mass is 10.1. The molecule has 0 amide bonds. The number of sulfonamides is 1. The average Bonchev–Trinajstić information content (AvgIpc) is 2.31. The van der Waals surface area contributed by atoms with Crippen LogP contribution in [0.5, 0.6) is 0 Å². The summed E-state index contributed by atoms with van der Waals surface area (Å²) in [7, 11) is -3.95. The highest BCUT2D eigenvalue weighted by Crippen LogP contribution is 2.28. The van der Waals surface area contributed by atoms with Crippen LogP contribution in [-0.4, -0.2) is 8.42 Å². The first-order valence-corrected chi connectivity index (χ1v) is 7.91. The van der Waals surface area contributed by atoms with E-state index in [1.807, 2.05) is 19.9 Å². The van der Waals surface area contributed by atoms with E-state index in [0.717, 1.165) is 23.3 Å². The highest BCUT2D eigenvalue weighted by molar-refractivity contribution is 7.92. The molecular weight excluding hydrogens is 315 g/mol. The van der Waals surface area contributed by atoms with Crippen molar-refractivity contribution in [3.05, 3.63) is 52.3 Å². The molecular formula is C14H14ClFN2O2S. The third-order valence-corrected chi connectivity index (χ3v) is 4.66. The van der Waals surface area contributed by atoms with Gasteiger partial charge in [0.2, 0.25) is 0 Å². The normalized spacial score (nSPS) is 11.4. The van der Waals surface area contributed by atoms with E-state index in [0.29, 0.717) is 5.69 Å². The van der Waals surface area contributed by atoms with Crippen LogP contribution in [-0.2, 0) is 10.0 Å². The maximum Gasteiger partial charge on any atom is 0.263 e. The van der Waals surface area contributed by atoms with Gasteiger partial charge in [0.25, 0.3) is 10.0 Å². The summed E-state index contributed by atoms with van der Waals surface area (Å²) >= 11 is 5.80. The Morgan fingerprint density at radius 3 is 2.24 bits per heavy atom. The number of nitrogen functional groups attached to an aromatic ring is 1. The van der Waals surface area contributed by atoms with Gasteiger partial charge in [-0.1, -0.05) is 17.7 Å². The number of rotatable bonds is 3. The Labute approximate surface area is 127 Å². The van der Waals surface area contributed by atoms with Crippen LogP contribution < -0.4 is 10.5 Å². The third-order valence-electron chi connectivity index (χ3n) is 2.81. The summed E-state index contributed by atoms with van der Waals surface area (Å²) in [5, 5.41) is -0.224. The van der Waals surface area contributed by atoms with Crippen LogP contribution in [0.2, 0.25) is 5.02 Å². The number of anilines is 2. The first-order chi connectivity index (χ1) is 9.69. The Hall–Kier alpha value is -1.79. The largest absolute Gasteiger partial charge is 0.396 e. The van der Waals surface area contributed by atoms with Crippen molar-refractivity contribution in [2.75, 3.05) is 10.5 Å². The summed E-state index contributed by atoms with van der Waals surface area (Å²) in [6.07, 6.45) is 0. The minimum Gasteiger partial charge on any atom is -0.396 e. The Morgan fingerprint density at radius 1 is 1.10 bits per heavy atom. The van der Waals surface area contributed by atoms with Crippen LogP contribution >= 0.6 is 11.6 Å². The molecule has 0 atom stereocenters. The number of aryl methyl sites for hydroxylation is 2. The summed E-state index contributed by atoms with van der Waals surface area (Å²) in [4.78, 5) is -0.262.